The summed E-state index contributed by atoms with van der Waals surface area (Å²) in [7, 11) is 0. The van der Waals surface area contributed by atoms with Crippen LogP contribution in [0.4, 0.5) is 0 Å². The molecule has 0 radical (unpaired) electrons. The second-order valence-electron chi connectivity index (χ2n) is 4.69. The zero-order valence-corrected chi connectivity index (χ0v) is 10.3. The maximum atomic E-state index is 12.2. The number of likely N-dealkylation sites (tertiary alicyclic amines) is 1. The quantitative estimate of drug-likeness (QED) is 0.865. The van der Waals surface area contributed by atoms with Gasteiger partial charge >= 0.3 is 0 Å². The smallest absolute Gasteiger partial charge is 0.227 e. The van der Waals surface area contributed by atoms with Crippen LogP contribution in [-0.4, -0.2) is 23.9 Å². The number of rotatable bonds is 3. The lowest BCUT2D eigenvalue weighted by atomic mass is 9.94. The van der Waals surface area contributed by atoms with Gasteiger partial charge in [-0.05, 0) is 25.3 Å². The third kappa shape index (κ3) is 2.50. The molecule has 1 heterocycles. The van der Waals surface area contributed by atoms with Crippen molar-refractivity contribution >= 4 is 5.91 Å². The standard InChI is InChI=1S/C14H20N2O/c1-11(12-6-3-2-4-7-12)16-9-5-8-13(10-15)14(16)17/h2-4,6-7,11,13H,5,8-10,15H2,1H3/t11?,13-/m0/s1. The summed E-state index contributed by atoms with van der Waals surface area (Å²) in [6.07, 6.45) is 2.00. The highest BCUT2D eigenvalue weighted by molar-refractivity contribution is 5.80. The van der Waals surface area contributed by atoms with E-state index in [1.165, 1.54) is 5.56 Å². The highest BCUT2D eigenvalue weighted by Gasteiger charge is 2.30. The lowest BCUT2D eigenvalue weighted by molar-refractivity contribution is -0.140. The first-order chi connectivity index (χ1) is 8.24. The minimum Gasteiger partial charge on any atom is -0.336 e. The van der Waals surface area contributed by atoms with E-state index < -0.39 is 0 Å². The molecule has 1 aliphatic heterocycles. The van der Waals surface area contributed by atoms with Crippen LogP contribution >= 0.6 is 0 Å². The van der Waals surface area contributed by atoms with Crippen LogP contribution in [-0.2, 0) is 4.79 Å². The summed E-state index contributed by atoms with van der Waals surface area (Å²) in [6.45, 7) is 3.41. The number of amides is 1. The average Bonchev–Trinajstić information content (AvgIpc) is 2.39. The first-order valence-electron chi connectivity index (χ1n) is 6.29. The molecule has 0 spiro atoms. The van der Waals surface area contributed by atoms with Gasteiger partial charge in [0.1, 0.15) is 0 Å². The van der Waals surface area contributed by atoms with Crippen LogP contribution in [0.25, 0.3) is 0 Å². The summed E-state index contributed by atoms with van der Waals surface area (Å²) in [6, 6.07) is 10.3. The molecule has 2 atom stereocenters. The number of nitrogens with two attached hydrogens (primary N) is 1. The second-order valence-corrected chi connectivity index (χ2v) is 4.69. The number of hydrogen-bond acceptors (Lipinski definition) is 2. The van der Waals surface area contributed by atoms with Gasteiger partial charge in [-0.1, -0.05) is 30.3 Å². The molecule has 0 aliphatic carbocycles. The van der Waals surface area contributed by atoms with E-state index in [4.69, 9.17) is 5.73 Å². The summed E-state index contributed by atoms with van der Waals surface area (Å²) >= 11 is 0. The van der Waals surface area contributed by atoms with Gasteiger partial charge in [0.15, 0.2) is 0 Å². The largest absolute Gasteiger partial charge is 0.336 e. The second kappa shape index (κ2) is 5.32. The van der Waals surface area contributed by atoms with Gasteiger partial charge in [0.25, 0.3) is 0 Å². The monoisotopic (exact) mass is 232 g/mol. The van der Waals surface area contributed by atoms with Crippen molar-refractivity contribution in [2.75, 3.05) is 13.1 Å². The van der Waals surface area contributed by atoms with E-state index in [0.717, 1.165) is 19.4 Å². The molecular weight excluding hydrogens is 212 g/mol. The minimum atomic E-state index is 0.0231. The van der Waals surface area contributed by atoms with Crippen LogP contribution in [0.15, 0.2) is 30.3 Å². The fourth-order valence-electron chi connectivity index (χ4n) is 2.49. The minimum absolute atomic E-state index is 0.0231. The molecule has 2 N–H and O–H groups in total. The number of nitrogens with zero attached hydrogens (tertiary/aromatic N) is 1. The summed E-state index contributed by atoms with van der Waals surface area (Å²) in [5.41, 5.74) is 6.84. The molecule has 0 aromatic heterocycles. The predicted molar refractivity (Wildman–Crippen MR) is 68.3 cm³/mol. The van der Waals surface area contributed by atoms with Crippen molar-refractivity contribution in [2.24, 2.45) is 11.7 Å². The van der Waals surface area contributed by atoms with E-state index in [-0.39, 0.29) is 17.9 Å². The van der Waals surface area contributed by atoms with Gasteiger partial charge in [-0.3, -0.25) is 4.79 Å². The van der Waals surface area contributed by atoms with Crippen molar-refractivity contribution in [1.82, 2.24) is 4.90 Å². The number of hydrogen-bond donors (Lipinski definition) is 1. The molecule has 0 bridgehead atoms. The van der Waals surface area contributed by atoms with E-state index in [0.29, 0.717) is 6.54 Å². The molecule has 3 heteroatoms. The van der Waals surface area contributed by atoms with Crippen LogP contribution < -0.4 is 5.73 Å². The molecule has 0 saturated carbocycles. The molecular formula is C14H20N2O. The third-order valence-electron chi connectivity index (χ3n) is 3.62. The number of carbonyl (C=O) groups excluding carboxylic acids is 1. The topological polar surface area (TPSA) is 46.3 Å². The molecule has 1 aromatic carbocycles. The maximum absolute atomic E-state index is 12.2. The summed E-state index contributed by atoms with van der Waals surface area (Å²) < 4.78 is 0. The average molecular weight is 232 g/mol. The Morgan fingerprint density at radius 2 is 2.12 bits per heavy atom. The van der Waals surface area contributed by atoms with Gasteiger partial charge in [-0.25, -0.2) is 0 Å². The van der Waals surface area contributed by atoms with Crippen molar-refractivity contribution in [2.45, 2.75) is 25.8 Å². The van der Waals surface area contributed by atoms with E-state index in [9.17, 15) is 4.79 Å². The third-order valence-corrected chi connectivity index (χ3v) is 3.62. The summed E-state index contributed by atoms with van der Waals surface area (Å²) in [5.74, 6) is 0.241. The fourth-order valence-corrected chi connectivity index (χ4v) is 2.49. The van der Waals surface area contributed by atoms with E-state index in [2.05, 4.69) is 19.1 Å². The predicted octanol–water partition coefficient (Wildman–Crippen LogP) is 1.94. The summed E-state index contributed by atoms with van der Waals surface area (Å²) in [5, 5.41) is 0. The molecule has 1 aromatic rings. The van der Waals surface area contributed by atoms with Gasteiger partial charge < -0.3 is 10.6 Å². The van der Waals surface area contributed by atoms with E-state index >= 15 is 0 Å². The van der Waals surface area contributed by atoms with Crippen LogP contribution in [0.5, 0.6) is 0 Å². The molecule has 1 aliphatic rings. The van der Waals surface area contributed by atoms with Gasteiger partial charge in [0.05, 0.1) is 12.0 Å². The van der Waals surface area contributed by atoms with Crippen LogP contribution in [0, 0.1) is 5.92 Å². The molecule has 17 heavy (non-hydrogen) atoms. The van der Waals surface area contributed by atoms with Gasteiger partial charge in [0.2, 0.25) is 5.91 Å². The first-order valence-corrected chi connectivity index (χ1v) is 6.29. The molecule has 1 unspecified atom stereocenters. The van der Waals surface area contributed by atoms with Crippen LogP contribution in [0.2, 0.25) is 0 Å². The number of benzene rings is 1. The van der Waals surface area contributed by atoms with Gasteiger partial charge in [-0.2, -0.15) is 0 Å². The highest BCUT2D eigenvalue weighted by atomic mass is 16.2. The Kier molecular flexibility index (Phi) is 3.79. The summed E-state index contributed by atoms with van der Waals surface area (Å²) in [4.78, 5) is 14.2. The van der Waals surface area contributed by atoms with Gasteiger partial charge in [0, 0.05) is 13.1 Å². The Hall–Kier alpha value is -1.35. The van der Waals surface area contributed by atoms with Crippen molar-refractivity contribution in [3.8, 4) is 0 Å². The molecule has 1 amide bonds. The number of carbonyl (C=O) groups is 1. The molecule has 92 valence electrons. The van der Waals surface area contributed by atoms with Crippen LogP contribution in [0.1, 0.15) is 31.4 Å². The zero-order valence-electron chi connectivity index (χ0n) is 10.3. The van der Waals surface area contributed by atoms with Crippen LogP contribution in [0.3, 0.4) is 0 Å². The lowest BCUT2D eigenvalue weighted by Crippen LogP contribution is -2.44. The normalized spacial score (nSPS) is 22.6. The SMILES string of the molecule is CC(c1ccccc1)N1CCC[C@@H](CN)C1=O. The molecule has 3 nitrogen and oxygen atoms in total. The Bertz CT molecular complexity index is 377. The number of piperidine rings is 1. The molecule has 1 saturated heterocycles. The van der Waals surface area contributed by atoms with Crippen molar-refractivity contribution < 1.29 is 4.79 Å². The van der Waals surface area contributed by atoms with Gasteiger partial charge in [-0.15, -0.1) is 0 Å². The Labute approximate surface area is 103 Å². The van der Waals surface area contributed by atoms with Crippen molar-refractivity contribution in [1.29, 1.82) is 0 Å². The Balaban J connectivity index is 2.14. The Morgan fingerprint density at radius 1 is 1.41 bits per heavy atom. The van der Waals surface area contributed by atoms with E-state index in [1.54, 1.807) is 0 Å². The Morgan fingerprint density at radius 3 is 2.76 bits per heavy atom. The maximum Gasteiger partial charge on any atom is 0.227 e. The van der Waals surface area contributed by atoms with Crippen molar-refractivity contribution in [3.63, 3.8) is 0 Å². The van der Waals surface area contributed by atoms with Crippen molar-refractivity contribution in [3.05, 3.63) is 35.9 Å². The highest BCUT2D eigenvalue weighted by Crippen LogP contribution is 2.27. The lowest BCUT2D eigenvalue weighted by Gasteiger charge is -2.36. The van der Waals surface area contributed by atoms with E-state index in [1.807, 2.05) is 23.1 Å². The fraction of sp³-hybridized carbons (Fsp3) is 0.500. The first kappa shape index (κ1) is 12.1. The zero-order chi connectivity index (χ0) is 12.3. The molecule has 1 fully saturated rings. The molecule has 2 rings (SSSR count).